The van der Waals surface area contributed by atoms with Gasteiger partial charge in [-0.25, -0.2) is 5.06 Å². The van der Waals surface area contributed by atoms with Crippen LogP contribution in [0.2, 0.25) is 0 Å². The van der Waals surface area contributed by atoms with E-state index in [1.165, 1.54) is 19.1 Å². The predicted octanol–water partition coefficient (Wildman–Crippen LogP) is 2.73. The Morgan fingerprint density at radius 2 is 1.75 bits per heavy atom. The third-order valence-corrected chi connectivity index (χ3v) is 5.93. The van der Waals surface area contributed by atoms with Gasteiger partial charge < -0.3 is 14.2 Å². The maximum atomic E-state index is 13.4. The van der Waals surface area contributed by atoms with Gasteiger partial charge in [-0.15, -0.1) is 0 Å². The van der Waals surface area contributed by atoms with Crippen molar-refractivity contribution in [1.82, 2.24) is 5.06 Å². The molecule has 28 heavy (non-hydrogen) atoms. The van der Waals surface area contributed by atoms with Gasteiger partial charge in [0, 0.05) is 19.8 Å². The van der Waals surface area contributed by atoms with Gasteiger partial charge >= 0.3 is 5.97 Å². The summed E-state index contributed by atoms with van der Waals surface area (Å²) in [6, 6.07) is 7.57. The van der Waals surface area contributed by atoms with Crippen molar-refractivity contribution in [3.63, 3.8) is 0 Å². The van der Waals surface area contributed by atoms with Gasteiger partial charge in [0.1, 0.15) is 11.3 Å². The summed E-state index contributed by atoms with van der Waals surface area (Å²) in [6.45, 7) is 4.42. The molecule has 0 radical (unpaired) electrons. The molecule has 3 aliphatic rings. The van der Waals surface area contributed by atoms with Crippen LogP contribution in [0.15, 0.2) is 30.0 Å². The molecule has 2 spiro atoms. The zero-order valence-corrected chi connectivity index (χ0v) is 16.4. The SMILES string of the molecule is CON1C(=O)C(c2ccccc2C)=C(OC(C)=O)C12CCC1(CC2)OCCO1. The Bertz CT molecular complexity index is 829. The molecule has 2 fully saturated rings. The lowest BCUT2D eigenvalue weighted by molar-refractivity contribution is -0.233. The third kappa shape index (κ3) is 2.85. The van der Waals surface area contributed by atoms with Crippen LogP contribution in [0, 0.1) is 6.92 Å². The summed E-state index contributed by atoms with van der Waals surface area (Å²) in [5, 5.41) is 1.37. The van der Waals surface area contributed by atoms with E-state index in [4.69, 9.17) is 19.0 Å². The van der Waals surface area contributed by atoms with Crippen LogP contribution in [0.3, 0.4) is 0 Å². The lowest BCUT2D eigenvalue weighted by Gasteiger charge is -2.45. The molecular weight excluding hydrogens is 362 g/mol. The van der Waals surface area contributed by atoms with Crippen LogP contribution in [0.1, 0.15) is 43.7 Å². The number of carbonyl (C=O) groups is 2. The molecule has 0 bridgehead atoms. The van der Waals surface area contributed by atoms with Gasteiger partial charge in [0.15, 0.2) is 5.79 Å². The maximum absolute atomic E-state index is 13.4. The molecule has 1 amide bonds. The Balaban J connectivity index is 1.82. The lowest BCUT2D eigenvalue weighted by atomic mass is 9.77. The van der Waals surface area contributed by atoms with Crippen molar-refractivity contribution in [3.05, 3.63) is 41.2 Å². The Labute approximate surface area is 164 Å². The summed E-state index contributed by atoms with van der Waals surface area (Å²) in [4.78, 5) is 30.9. The highest BCUT2D eigenvalue weighted by atomic mass is 16.7. The van der Waals surface area contributed by atoms with Crippen molar-refractivity contribution in [2.75, 3.05) is 20.3 Å². The lowest BCUT2D eigenvalue weighted by Crippen LogP contribution is -2.54. The largest absolute Gasteiger partial charge is 0.428 e. The average molecular weight is 387 g/mol. The molecule has 7 heteroatoms. The molecule has 1 saturated heterocycles. The third-order valence-electron chi connectivity index (χ3n) is 5.93. The first-order valence-electron chi connectivity index (χ1n) is 9.58. The zero-order valence-electron chi connectivity index (χ0n) is 16.4. The number of hydrogen-bond donors (Lipinski definition) is 0. The first kappa shape index (κ1) is 19.1. The first-order chi connectivity index (χ1) is 13.4. The Morgan fingerprint density at radius 1 is 1.11 bits per heavy atom. The van der Waals surface area contributed by atoms with Gasteiger partial charge in [-0.1, -0.05) is 24.3 Å². The molecule has 4 rings (SSSR count). The van der Waals surface area contributed by atoms with E-state index in [0.29, 0.717) is 50.2 Å². The second-order valence-corrected chi connectivity index (χ2v) is 7.53. The minimum Gasteiger partial charge on any atom is -0.428 e. The van der Waals surface area contributed by atoms with E-state index < -0.39 is 17.3 Å². The predicted molar refractivity (Wildman–Crippen MR) is 99.6 cm³/mol. The molecule has 0 aromatic heterocycles. The fourth-order valence-electron chi connectivity index (χ4n) is 4.62. The van der Waals surface area contributed by atoms with E-state index >= 15 is 0 Å². The summed E-state index contributed by atoms with van der Waals surface area (Å²) < 4.78 is 17.4. The zero-order chi connectivity index (χ0) is 19.9. The molecule has 0 atom stereocenters. The number of nitrogens with zero attached hydrogens (tertiary/aromatic N) is 1. The van der Waals surface area contributed by atoms with Crippen LogP contribution in [-0.4, -0.2) is 48.6 Å². The highest BCUT2D eigenvalue weighted by molar-refractivity contribution is 6.23. The van der Waals surface area contributed by atoms with Gasteiger partial charge in [-0.3, -0.25) is 14.4 Å². The molecular formula is C21H25NO6. The number of benzene rings is 1. The fourth-order valence-corrected chi connectivity index (χ4v) is 4.62. The molecule has 1 aliphatic carbocycles. The summed E-state index contributed by atoms with van der Waals surface area (Å²) in [6.07, 6.45) is 2.22. The molecule has 1 aromatic rings. The van der Waals surface area contributed by atoms with E-state index in [1.807, 2.05) is 31.2 Å². The number of esters is 1. The number of rotatable bonds is 3. The van der Waals surface area contributed by atoms with Crippen molar-refractivity contribution < 1.29 is 28.6 Å². The standard InChI is InChI=1S/C21H25NO6/c1-14-6-4-5-7-16(14)17-18(28-15(2)23)20(22(25-3)19(17)24)8-10-21(11-9-20)26-12-13-27-21/h4-7H,8-13H2,1-3H3. The Morgan fingerprint density at radius 3 is 2.32 bits per heavy atom. The normalized spacial score (nSPS) is 23.1. The highest BCUT2D eigenvalue weighted by Gasteiger charge is 2.59. The molecule has 2 aliphatic heterocycles. The number of hydrogen-bond acceptors (Lipinski definition) is 6. The number of amides is 1. The van der Waals surface area contributed by atoms with Crippen LogP contribution in [0.5, 0.6) is 0 Å². The van der Waals surface area contributed by atoms with Crippen LogP contribution in [-0.2, 0) is 28.6 Å². The maximum Gasteiger partial charge on any atom is 0.307 e. The van der Waals surface area contributed by atoms with Crippen LogP contribution in [0.4, 0.5) is 0 Å². The molecule has 1 aromatic carbocycles. The second kappa shape index (κ2) is 6.99. The van der Waals surface area contributed by atoms with E-state index in [-0.39, 0.29) is 5.91 Å². The van der Waals surface area contributed by atoms with E-state index in [9.17, 15) is 9.59 Å². The number of ether oxygens (including phenoxy) is 3. The molecule has 150 valence electrons. The molecule has 2 heterocycles. The smallest absolute Gasteiger partial charge is 0.307 e. The molecule has 0 unspecified atom stereocenters. The number of carbonyl (C=O) groups excluding carboxylic acids is 2. The van der Waals surface area contributed by atoms with Crippen molar-refractivity contribution >= 4 is 17.4 Å². The quantitative estimate of drug-likeness (QED) is 0.743. The average Bonchev–Trinajstić information content (AvgIpc) is 3.20. The summed E-state index contributed by atoms with van der Waals surface area (Å²) in [5.74, 6) is -0.994. The number of hydroxylamine groups is 2. The Hall–Kier alpha value is -2.22. The molecule has 0 N–H and O–H groups in total. The second-order valence-electron chi connectivity index (χ2n) is 7.53. The van der Waals surface area contributed by atoms with E-state index in [1.54, 1.807) is 0 Å². The van der Waals surface area contributed by atoms with Crippen molar-refractivity contribution in [3.8, 4) is 0 Å². The van der Waals surface area contributed by atoms with Gasteiger partial charge in [0.2, 0.25) is 0 Å². The minimum atomic E-state index is -0.852. The Kier molecular flexibility index (Phi) is 4.77. The van der Waals surface area contributed by atoms with Crippen molar-refractivity contribution in [1.29, 1.82) is 0 Å². The van der Waals surface area contributed by atoms with Crippen LogP contribution in [0.25, 0.3) is 5.57 Å². The van der Waals surface area contributed by atoms with Crippen LogP contribution < -0.4 is 0 Å². The topological polar surface area (TPSA) is 74.3 Å². The van der Waals surface area contributed by atoms with E-state index in [2.05, 4.69) is 0 Å². The summed E-state index contributed by atoms with van der Waals surface area (Å²) in [5.41, 5.74) is 1.21. The number of aryl methyl sites for hydroxylation is 1. The summed E-state index contributed by atoms with van der Waals surface area (Å²) in [7, 11) is 1.47. The van der Waals surface area contributed by atoms with Gasteiger partial charge in [0.25, 0.3) is 5.91 Å². The monoisotopic (exact) mass is 387 g/mol. The van der Waals surface area contributed by atoms with E-state index in [0.717, 1.165) is 11.1 Å². The summed E-state index contributed by atoms with van der Waals surface area (Å²) >= 11 is 0. The van der Waals surface area contributed by atoms with Gasteiger partial charge in [0.05, 0.1) is 25.9 Å². The minimum absolute atomic E-state index is 0.294. The first-order valence-corrected chi connectivity index (χ1v) is 9.58. The van der Waals surface area contributed by atoms with Gasteiger partial charge in [-0.2, -0.15) is 0 Å². The fraction of sp³-hybridized carbons (Fsp3) is 0.524. The molecule has 1 saturated carbocycles. The van der Waals surface area contributed by atoms with Crippen molar-refractivity contribution in [2.24, 2.45) is 0 Å². The van der Waals surface area contributed by atoms with Gasteiger partial charge in [-0.05, 0) is 30.9 Å². The molecule has 7 nitrogen and oxygen atoms in total. The van der Waals surface area contributed by atoms with Crippen molar-refractivity contribution in [2.45, 2.75) is 50.9 Å². The van der Waals surface area contributed by atoms with Crippen LogP contribution >= 0.6 is 0 Å². The highest BCUT2D eigenvalue weighted by Crippen LogP contribution is 2.52.